The van der Waals surface area contributed by atoms with Gasteiger partial charge in [-0.1, -0.05) is 61.2 Å². The van der Waals surface area contributed by atoms with E-state index in [0.29, 0.717) is 6.04 Å². The lowest BCUT2D eigenvalue weighted by Crippen LogP contribution is -2.13. The fourth-order valence-corrected chi connectivity index (χ4v) is 6.87. The number of halogens is 1. The fourth-order valence-electron chi connectivity index (χ4n) is 5.70. The molecule has 0 saturated heterocycles. The van der Waals surface area contributed by atoms with Crippen LogP contribution in [0.3, 0.4) is 0 Å². The minimum atomic E-state index is 0.506. The van der Waals surface area contributed by atoms with E-state index in [1.54, 1.807) is 11.3 Å². The minimum absolute atomic E-state index is 0.506. The number of benzene rings is 3. The number of imidazole rings is 1. The number of pyridine rings is 1. The van der Waals surface area contributed by atoms with E-state index in [9.17, 15) is 0 Å². The second kappa shape index (κ2) is 9.64. The van der Waals surface area contributed by atoms with Crippen molar-refractivity contribution in [3.63, 3.8) is 0 Å². The van der Waals surface area contributed by atoms with E-state index in [1.807, 2.05) is 24.3 Å². The summed E-state index contributed by atoms with van der Waals surface area (Å²) in [4.78, 5) is 16.1. The first-order valence-corrected chi connectivity index (χ1v) is 14.5. The minimum Gasteiger partial charge on any atom is -0.321 e. The van der Waals surface area contributed by atoms with Crippen LogP contribution in [0.15, 0.2) is 78.9 Å². The molecular weight excluding hydrogens is 508 g/mol. The van der Waals surface area contributed by atoms with Crippen molar-refractivity contribution < 1.29 is 0 Å². The lowest BCUT2D eigenvalue weighted by Gasteiger charge is -2.25. The van der Waals surface area contributed by atoms with Gasteiger partial charge >= 0.3 is 0 Å². The molecule has 6 aromatic rings. The lowest BCUT2D eigenvalue weighted by atomic mass is 9.94. The van der Waals surface area contributed by atoms with Crippen LogP contribution in [0.25, 0.3) is 54.5 Å². The topological polar surface area (TPSA) is 43.6 Å². The van der Waals surface area contributed by atoms with Crippen LogP contribution in [-0.4, -0.2) is 19.5 Å². The molecule has 0 atom stereocenters. The van der Waals surface area contributed by atoms with Crippen molar-refractivity contribution in [2.75, 3.05) is 0 Å². The van der Waals surface area contributed by atoms with E-state index < -0.39 is 0 Å². The molecular formula is C32H27ClN4S. The molecule has 1 aliphatic carbocycles. The average molecular weight is 535 g/mol. The summed E-state index contributed by atoms with van der Waals surface area (Å²) in [6.45, 7) is 2.05. The molecule has 0 N–H and O–H groups in total. The molecule has 6 heteroatoms. The third kappa shape index (κ3) is 4.20. The first-order chi connectivity index (χ1) is 18.6. The largest absolute Gasteiger partial charge is 0.321 e. The molecule has 1 fully saturated rings. The van der Waals surface area contributed by atoms with Crippen molar-refractivity contribution in [1.82, 2.24) is 19.5 Å². The van der Waals surface area contributed by atoms with Crippen LogP contribution in [0.4, 0.5) is 0 Å². The number of hydrogen-bond acceptors (Lipinski definition) is 4. The summed E-state index contributed by atoms with van der Waals surface area (Å²) >= 11 is 7.74. The van der Waals surface area contributed by atoms with Gasteiger partial charge in [-0.3, -0.25) is 0 Å². The van der Waals surface area contributed by atoms with Gasteiger partial charge in [-0.05, 0) is 68.3 Å². The number of aromatic nitrogens is 4. The highest BCUT2D eigenvalue weighted by Gasteiger charge is 2.22. The maximum absolute atomic E-state index is 6.07. The molecule has 3 aromatic heterocycles. The predicted molar refractivity (Wildman–Crippen MR) is 159 cm³/mol. The van der Waals surface area contributed by atoms with Crippen molar-refractivity contribution in [2.24, 2.45) is 0 Å². The van der Waals surface area contributed by atoms with Gasteiger partial charge in [0.2, 0.25) is 0 Å². The number of rotatable bonds is 4. The number of fused-ring (bicyclic) bond motifs is 2. The van der Waals surface area contributed by atoms with Crippen molar-refractivity contribution in [1.29, 1.82) is 0 Å². The van der Waals surface area contributed by atoms with Gasteiger partial charge in [-0.25, -0.2) is 15.0 Å². The maximum Gasteiger partial charge on any atom is 0.141 e. The van der Waals surface area contributed by atoms with E-state index in [-0.39, 0.29) is 0 Å². The molecule has 3 aromatic carbocycles. The van der Waals surface area contributed by atoms with E-state index >= 15 is 0 Å². The Balaban J connectivity index is 1.27. The highest BCUT2D eigenvalue weighted by atomic mass is 35.5. The summed E-state index contributed by atoms with van der Waals surface area (Å²) in [7, 11) is 0. The van der Waals surface area contributed by atoms with Crippen LogP contribution < -0.4 is 0 Å². The SMILES string of the molecule is Cc1nc(-c2ccc(Cl)cc2)sc1-c1ccc2cc(-c3nc4ccccc4n3C3CCCCC3)ccc2n1. The van der Waals surface area contributed by atoms with E-state index in [1.165, 1.54) is 37.6 Å². The van der Waals surface area contributed by atoms with Crippen molar-refractivity contribution in [2.45, 2.75) is 45.1 Å². The Morgan fingerprint density at radius 1 is 0.789 bits per heavy atom. The first-order valence-electron chi connectivity index (χ1n) is 13.3. The lowest BCUT2D eigenvalue weighted by molar-refractivity contribution is 0.362. The van der Waals surface area contributed by atoms with E-state index in [0.717, 1.165) is 59.7 Å². The molecule has 1 aliphatic rings. The molecule has 0 unspecified atom stereocenters. The molecule has 0 spiro atoms. The summed E-state index contributed by atoms with van der Waals surface area (Å²) < 4.78 is 2.50. The molecule has 188 valence electrons. The Bertz CT molecular complexity index is 1780. The Labute approximate surface area is 231 Å². The smallest absolute Gasteiger partial charge is 0.141 e. The zero-order valence-corrected chi connectivity index (χ0v) is 22.8. The molecule has 4 nitrogen and oxygen atoms in total. The van der Waals surface area contributed by atoms with Gasteiger partial charge in [-0.15, -0.1) is 11.3 Å². The van der Waals surface area contributed by atoms with Crippen LogP contribution in [0.2, 0.25) is 5.02 Å². The Kier molecular flexibility index (Phi) is 5.98. The molecule has 38 heavy (non-hydrogen) atoms. The molecule has 1 saturated carbocycles. The van der Waals surface area contributed by atoms with Gasteiger partial charge in [0.15, 0.2) is 0 Å². The summed E-state index contributed by atoms with van der Waals surface area (Å²) in [5.74, 6) is 1.06. The molecule has 0 amide bonds. The van der Waals surface area contributed by atoms with Crippen molar-refractivity contribution >= 4 is 44.9 Å². The van der Waals surface area contributed by atoms with Gasteiger partial charge in [0.25, 0.3) is 0 Å². The zero-order chi connectivity index (χ0) is 25.6. The van der Waals surface area contributed by atoms with Crippen molar-refractivity contribution in [3.8, 4) is 32.5 Å². The van der Waals surface area contributed by atoms with Crippen LogP contribution in [0.1, 0.15) is 43.8 Å². The second-order valence-corrected chi connectivity index (χ2v) is 11.6. The number of para-hydroxylation sites is 2. The Morgan fingerprint density at radius 2 is 1.58 bits per heavy atom. The molecule has 0 aliphatic heterocycles. The normalized spacial score (nSPS) is 14.5. The fraction of sp³-hybridized carbons (Fsp3) is 0.219. The van der Waals surface area contributed by atoms with Crippen LogP contribution in [0.5, 0.6) is 0 Å². The third-order valence-electron chi connectivity index (χ3n) is 7.60. The van der Waals surface area contributed by atoms with Crippen LogP contribution in [0, 0.1) is 6.92 Å². The van der Waals surface area contributed by atoms with E-state index in [4.69, 9.17) is 26.6 Å². The number of nitrogens with zero attached hydrogens (tertiary/aromatic N) is 4. The maximum atomic E-state index is 6.07. The molecule has 7 rings (SSSR count). The summed E-state index contributed by atoms with van der Waals surface area (Å²) in [6.07, 6.45) is 6.36. The molecule has 3 heterocycles. The summed E-state index contributed by atoms with van der Waals surface area (Å²) in [6, 6.07) is 27.7. The molecule has 0 radical (unpaired) electrons. The number of thiazole rings is 1. The number of hydrogen-bond donors (Lipinski definition) is 0. The van der Waals surface area contributed by atoms with Crippen LogP contribution >= 0.6 is 22.9 Å². The zero-order valence-electron chi connectivity index (χ0n) is 21.2. The van der Waals surface area contributed by atoms with Gasteiger partial charge in [-0.2, -0.15) is 0 Å². The predicted octanol–water partition coefficient (Wildman–Crippen LogP) is 9.51. The Morgan fingerprint density at radius 3 is 2.42 bits per heavy atom. The Hall–Kier alpha value is -3.54. The highest BCUT2D eigenvalue weighted by molar-refractivity contribution is 7.18. The third-order valence-corrected chi connectivity index (χ3v) is 9.08. The monoisotopic (exact) mass is 534 g/mol. The summed E-state index contributed by atoms with van der Waals surface area (Å²) in [5.41, 5.74) is 7.44. The van der Waals surface area contributed by atoms with Crippen molar-refractivity contribution in [3.05, 3.63) is 89.6 Å². The van der Waals surface area contributed by atoms with E-state index in [2.05, 4.69) is 66.1 Å². The second-order valence-electron chi connectivity index (χ2n) is 10.1. The molecule has 0 bridgehead atoms. The average Bonchev–Trinajstić information content (AvgIpc) is 3.54. The highest BCUT2D eigenvalue weighted by Crippen LogP contribution is 2.38. The van der Waals surface area contributed by atoms with Gasteiger partial charge in [0.05, 0.1) is 32.8 Å². The van der Waals surface area contributed by atoms with Gasteiger partial charge < -0.3 is 4.57 Å². The van der Waals surface area contributed by atoms with Crippen LogP contribution in [-0.2, 0) is 0 Å². The quantitative estimate of drug-likeness (QED) is 0.226. The first kappa shape index (κ1) is 23.6. The van der Waals surface area contributed by atoms with Gasteiger partial charge in [0.1, 0.15) is 10.8 Å². The standard InChI is InChI=1S/C32H27ClN4S/c1-20-30(38-32(34-20)21-11-15-24(33)16-12-21)28-18-13-22-19-23(14-17-26(22)35-28)31-36-27-9-5-6-10-29(27)37(31)25-7-3-2-4-8-25/h5-6,9-19,25H,2-4,7-8H2,1H3. The number of aryl methyl sites for hydroxylation is 1. The summed E-state index contributed by atoms with van der Waals surface area (Å²) in [5, 5.41) is 2.83. The van der Waals surface area contributed by atoms with Gasteiger partial charge in [0, 0.05) is 27.6 Å².